The monoisotopic (exact) mass is 817 g/mol. The van der Waals surface area contributed by atoms with Crippen molar-refractivity contribution in [3.05, 3.63) is 143 Å². The summed E-state index contributed by atoms with van der Waals surface area (Å²) >= 11 is 1.88. The Kier molecular flexibility index (Phi) is 11.4. The fourth-order valence-corrected chi connectivity index (χ4v) is 9.26. The number of hydrogen-bond donors (Lipinski definition) is 0. The van der Waals surface area contributed by atoms with E-state index in [9.17, 15) is 0 Å². The van der Waals surface area contributed by atoms with Gasteiger partial charge in [0, 0.05) is 26.4 Å². The van der Waals surface area contributed by atoms with Gasteiger partial charge in [-0.15, -0.1) is 0 Å². The maximum atomic E-state index is 6.12. The summed E-state index contributed by atoms with van der Waals surface area (Å²) in [6, 6.07) is 39.0. The van der Waals surface area contributed by atoms with Crippen LogP contribution in [-0.4, -0.2) is 16.6 Å². The summed E-state index contributed by atoms with van der Waals surface area (Å²) in [5.74, 6) is 3.75. The third-order valence-corrected chi connectivity index (χ3v) is 11.9. The lowest BCUT2D eigenvalue weighted by Crippen LogP contribution is -2.39. The number of aryl methyl sites for hydroxylation is 6. The summed E-state index contributed by atoms with van der Waals surface area (Å²) in [5, 5.41) is 0. The van der Waals surface area contributed by atoms with Crippen molar-refractivity contribution in [2.75, 3.05) is 14.7 Å². The van der Waals surface area contributed by atoms with Crippen LogP contribution < -0.4 is 24.2 Å². The van der Waals surface area contributed by atoms with Crippen LogP contribution in [0.15, 0.2) is 119 Å². The number of nitrogens with zero attached hydrogens (tertiary/aromatic N) is 3. The minimum Gasteiger partial charge on any atom is -0.453 e. The molecule has 0 aromatic heterocycles. The molecular weight excluding hydrogens is 755 g/mol. The average Bonchev–Trinajstić information content (AvgIpc) is 3.14. The molecule has 0 radical (unpaired) electrons. The van der Waals surface area contributed by atoms with Crippen LogP contribution in [0.4, 0.5) is 34.1 Å². The van der Waals surface area contributed by atoms with Crippen molar-refractivity contribution in [1.82, 2.24) is 0 Å². The first-order valence-electron chi connectivity index (χ1n) is 21.2. The molecule has 0 bridgehead atoms. The molecule has 0 unspecified atom stereocenters. The van der Waals surface area contributed by atoms with Crippen molar-refractivity contribution in [2.24, 2.45) is 0 Å². The van der Waals surface area contributed by atoms with Crippen LogP contribution in [0.5, 0.6) is 23.0 Å². The van der Waals surface area contributed by atoms with Crippen molar-refractivity contribution in [2.45, 2.75) is 130 Å². The first-order chi connectivity index (χ1) is 28.1. The molecule has 0 saturated heterocycles. The van der Waals surface area contributed by atoms with Crippen LogP contribution in [0.3, 0.4) is 0 Å². The van der Waals surface area contributed by atoms with Gasteiger partial charge in [0.05, 0.1) is 34.1 Å². The molecule has 3 heterocycles. The average molecular weight is 818 g/mol. The van der Waals surface area contributed by atoms with Crippen LogP contribution >= 0.6 is 11.8 Å². The molecule has 312 valence electrons. The van der Waals surface area contributed by atoms with Crippen molar-refractivity contribution in [3.63, 3.8) is 0 Å². The maximum absolute atomic E-state index is 6.12. The van der Waals surface area contributed by atoms with E-state index in [0.29, 0.717) is 0 Å². The Balaban J connectivity index is 0.000000136. The first-order valence-corrected chi connectivity index (χ1v) is 22.0. The Morgan fingerprint density at radius 3 is 0.983 bits per heavy atom. The third-order valence-electron chi connectivity index (χ3n) is 10.8. The zero-order chi connectivity index (χ0) is 43.5. The highest BCUT2D eigenvalue weighted by Crippen LogP contribution is 2.53. The normalized spacial score (nSPS) is 13.7. The standard InChI is InChI=1S/2C18H21NO.C18H21NS/c1-12-6-8-16-14(10-12)19(18(3,4)5)15-11-13(2)7-9-17(15)20-16;1-12-6-8-14-16(10-12)20-17-11-13(2)7-9-15(17)19(14)18(3,4)5;1-12-6-8-16-14(10-12)19(18(3,4)5)15-11-13(2)7-9-17(15)20-16/h3*6-11H,1-5H3. The van der Waals surface area contributed by atoms with Crippen molar-refractivity contribution in [1.29, 1.82) is 0 Å². The molecule has 6 heteroatoms. The van der Waals surface area contributed by atoms with E-state index in [2.05, 4.69) is 228 Å². The molecule has 0 spiro atoms. The van der Waals surface area contributed by atoms with Crippen molar-refractivity contribution < 1.29 is 9.47 Å². The van der Waals surface area contributed by atoms with Gasteiger partial charge in [-0.3, -0.25) is 0 Å². The fraction of sp³-hybridized carbons (Fsp3) is 0.333. The lowest BCUT2D eigenvalue weighted by molar-refractivity contribution is 0.450. The summed E-state index contributed by atoms with van der Waals surface area (Å²) in [7, 11) is 0. The largest absolute Gasteiger partial charge is 0.453 e. The molecule has 0 amide bonds. The molecule has 6 aromatic carbocycles. The summed E-state index contributed by atoms with van der Waals surface area (Å²) in [5.41, 5.74) is 14.9. The van der Waals surface area contributed by atoms with Gasteiger partial charge < -0.3 is 24.2 Å². The first kappa shape index (κ1) is 42.8. The predicted octanol–water partition coefficient (Wildman–Crippen LogP) is 16.4. The van der Waals surface area contributed by atoms with Crippen LogP contribution in [0.1, 0.15) is 95.7 Å². The number of rotatable bonds is 0. The molecule has 60 heavy (non-hydrogen) atoms. The molecule has 3 aliphatic heterocycles. The molecule has 6 aromatic rings. The van der Waals surface area contributed by atoms with Gasteiger partial charge in [0.2, 0.25) is 0 Å². The summed E-state index contributed by atoms with van der Waals surface area (Å²) in [4.78, 5) is 9.92. The number of hydrogen-bond acceptors (Lipinski definition) is 6. The molecule has 3 aliphatic rings. The fourth-order valence-electron chi connectivity index (χ4n) is 8.24. The molecular formula is C54H63N3O2S. The Hall–Kier alpha value is -5.33. The third kappa shape index (κ3) is 8.76. The highest BCUT2D eigenvalue weighted by atomic mass is 32.2. The minimum absolute atomic E-state index is 0.00219. The quantitative estimate of drug-likeness (QED) is 0.152. The Morgan fingerprint density at radius 1 is 0.317 bits per heavy atom. The molecule has 0 N–H and O–H groups in total. The number of anilines is 6. The summed E-state index contributed by atoms with van der Waals surface area (Å²) in [6.45, 7) is 33.0. The number of benzene rings is 6. The summed E-state index contributed by atoms with van der Waals surface area (Å²) in [6.07, 6.45) is 0. The van der Waals surface area contributed by atoms with Gasteiger partial charge in [0.15, 0.2) is 23.0 Å². The SMILES string of the molecule is Cc1ccc2c(c1)N(C(C)(C)C)c1cc(C)ccc1O2.Cc1ccc2c(c1)N(C(C)(C)C)c1cc(C)ccc1S2.Cc1ccc2c(c1)Oc1cc(C)ccc1N2C(C)(C)C. The Labute approximate surface area is 364 Å². The van der Waals surface area contributed by atoms with E-state index in [4.69, 9.17) is 9.47 Å². The van der Waals surface area contributed by atoms with E-state index in [-0.39, 0.29) is 16.6 Å². The molecule has 0 saturated carbocycles. The highest BCUT2D eigenvalue weighted by molar-refractivity contribution is 7.99. The van der Waals surface area contributed by atoms with E-state index >= 15 is 0 Å². The number of ether oxygens (including phenoxy) is 2. The van der Waals surface area contributed by atoms with Gasteiger partial charge in [-0.05, 0) is 210 Å². The van der Waals surface area contributed by atoms with Crippen LogP contribution in [-0.2, 0) is 0 Å². The van der Waals surface area contributed by atoms with E-state index in [1.807, 2.05) is 11.8 Å². The topological polar surface area (TPSA) is 28.2 Å². The van der Waals surface area contributed by atoms with E-state index < -0.39 is 0 Å². The van der Waals surface area contributed by atoms with Gasteiger partial charge in [-0.1, -0.05) is 48.2 Å². The zero-order valence-corrected chi connectivity index (χ0v) is 39.3. The minimum atomic E-state index is -0.00509. The van der Waals surface area contributed by atoms with Crippen LogP contribution in [0.25, 0.3) is 0 Å². The number of fused-ring (bicyclic) bond motifs is 6. The van der Waals surface area contributed by atoms with Gasteiger partial charge in [-0.2, -0.15) is 0 Å². The second-order valence-corrected chi connectivity index (χ2v) is 20.7. The maximum Gasteiger partial charge on any atom is 0.151 e. The molecule has 0 fully saturated rings. The van der Waals surface area contributed by atoms with E-state index in [1.54, 1.807) is 0 Å². The van der Waals surface area contributed by atoms with Crippen molar-refractivity contribution >= 4 is 45.9 Å². The second kappa shape index (κ2) is 15.9. The lowest BCUT2D eigenvalue weighted by Gasteiger charge is -2.42. The lowest BCUT2D eigenvalue weighted by atomic mass is 9.99. The highest BCUT2D eigenvalue weighted by Gasteiger charge is 2.34. The Morgan fingerprint density at radius 2 is 0.600 bits per heavy atom. The summed E-state index contributed by atoms with van der Waals surface area (Å²) < 4.78 is 12.2. The van der Waals surface area contributed by atoms with Crippen molar-refractivity contribution in [3.8, 4) is 23.0 Å². The second-order valence-electron chi connectivity index (χ2n) is 19.7. The van der Waals surface area contributed by atoms with Crippen LogP contribution in [0.2, 0.25) is 0 Å². The smallest absolute Gasteiger partial charge is 0.151 e. The van der Waals surface area contributed by atoms with Gasteiger partial charge in [0.25, 0.3) is 0 Å². The molecule has 0 atom stereocenters. The predicted molar refractivity (Wildman–Crippen MR) is 257 cm³/mol. The van der Waals surface area contributed by atoms with E-state index in [1.165, 1.54) is 54.5 Å². The van der Waals surface area contributed by atoms with Gasteiger partial charge in [0.1, 0.15) is 0 Å². The Bertz CT molecular complexity index is 2300. The van der Waals surface area contributed by atoms with Gasteiger partial charge in [-0.25, -0.2) is 0 Å². The van der Waals surface area contributed by atoms with E-state index in [0.717, 1.165) is 45.7 Å². The van der Waals surface area contributed by atoms with Gasteiger partial charge >= 0.3 is 0 Å². The molecule has 5 nitrogen and oxygen atoms in total. The zero-order valence-electron chi connectivity index (χ0n) is 38.5. The molecule has 0 aliphatic carbocycles. The van der Waals surface area contributed by atoms with Crippen LogP contribution in [0, 0.1) is 41.5 Å². The molecule has 9 rings (SSSR count).